The van der Waals surface area contributed by atoms with Crippen molar-refractivity contribution in [1.82, 2.24) is 14.6 Å². The molecule has 0 aliphatic carbocycles. The van der Waals surface area contributed by atoms with E-state index in [9.17, 15) is 0 Å². The molecule has 0 spiro atoms. The van der Waals surface area contributed by atoms with Crippen molar-refractivity contribution in [2.45, 2.75) is 26.2 Å². The third kappa shape index (κ3) is 2.00. The molecule has 0 aliphatic rings. The fourth-order valence-corrected chi connectivity index (χ4v) is 3.11. The summed E-state index contributed by atoms with van der Waals surface area (Å²) in [4.78, 5) is 0.928. The van der Waals surface area contributed by atoms with E-state index in [1.807, 2.05) is 24.3 Å². The van der Waals surface area contributed by atoms with Gasteiger partial charge in [0.15, 0.2) is 5.82 Å². The zero-order valence-corrected chi connectivity index (χ0v) is 12.0. The Hall–Kier alpha value is -1.88. The summed E-state index contributed by atoms with van der Waals surface area (Å²) in [5.41, 5.74) is 8.80. The van der Waals surface area contributed by atoms with Gasteiger partial charge in [-0.15, -0.1) is 21.5 Å². The first-order valence-electron chi connectivity index (χ1n) is 6.16. The Kier molecular flexibility index (Phi) is 2.60. The average Bonchev–Trinajstić information content (AvgIpc) is 2.89. The van der Waals surface area contributed by atoms with E-state index >= 15 is 0 Å². The van der Waals surface area contributed by atoms with Gasteiger partial charge in [0, 0.05) is 27.7 Å². The van der Waals surface area contributed by atoms with Crippen LogP contribution in [0, 0.1) is 0 Å². The minimum Gasteiger partial charge on any atom is -0.399 e. The van der Waals surface area contributed by atoms with Gasteiger partial charge in [0.1, 0.15) is 0 Å². The molecule has 2 heterocycles. The van der Waals surface area contributed by atoms with Gasteiger partial charge < -0.3 is 5.73 Å². The molecule has 0 saturated heterocycles. The van der Waals surface area contributed by atoms with Gasteiger partial charge in [0.05, 0.1) is 0 Å². The molecule has 3 rings (SSSR count). The number of rotatable bonds is 1. The number of thiazole rings is 1. The Bertz CT molecular complexity index is 716. The van der Waals surface area contributed by atoms with Crippen molar-refractivity contribution in [1.29, 1.82) is 0 Å². The van der Waals surface area contributed by atoms with Crippen LogP contribution in [0.5, 0.6) is 0 Å². The molecule has 0 bridgehead atoms. The van der Waals surface area contributed by atoms with Gasteiger partial charge in [-0.1, -0.05) is 20.8 Å². The largest absolute Gasteiger partial charge is 0.399 e. The van der Waals surface area contributed by atoms with Crippen molar-refractivity contribution < 1.29 is 0 Å². The van der Waals surface area contributed by atoms with E-state index in [1.165, 1.54) is 5.69 Å². The molecule has 5 heteroatoms. The van der Waals surface area contributed by atoms with E-state index in [0.717, 1.165) is 22.0 Å². The second kappa shape index (κ2) is 4.06. The number of hydrogen-bond acceptors (Lipinski definition) is 4. The zero-order valence-electron chi connectivity index (χ0n) is 11.2. The lowest BCUT2D eigenvalue weighted by molar-refractivity contribution is 0.565. The highest BCUT2D eigenvalue weighted by Gasteiger charge is 2.22. The van der Waals surface area contributed by atoms with Gasteiger partial charge in [-0.2, -0.15) is 0 Å². The summed E-state index contributed by atoms with van der Waals surface area (Å²) in [5.74, 6) is 0.876. The molecule has 0 unspecified atom stereocenters. The molecule has 0 radical (unpaired) electrons. The second-order valence-electron chi connectivity index (χ2n) is 5.63. The van der Waals surface area contributed by atoms with Crippen LogP contribution in [0.25, 0.3) is 16.3 Å². The maximum Gasteiger partial charge on any atom is 0.216 e. The number of benzene rings is 1. The highest BCUT2D eigenvalue weighted by atomic mass is 32.1. The Labute approximate surface area is 115 Å². The third-order valence-electron chi connectivity index (χ3n) is 3.09. The molecule has 0 saturated carbocycles. The molecule has 98 valence electrons. The van der Waals surface area contributed by atoms with Crippen LogP contribution in [0.2, 0.25) is 0 Å². The number of nitrogen functional groups attached to an aromatic ring is 1. The molecule has 1 aromatic carbocycles. The fraction of sp³-hybridized carbons (Fsp3) is 0.286. The SMILES string of the molecule is CC(C)(C)c1csc2nnc(-c3ccc(N)cc3)n12. The maximum absolute atomic E-state index is 5.73. The Morgan fingerprint density at radius 3 is 2.42 bits per heavy atom. The van der Waals surface area contributed by atoms with Crippen molar-refractivity contribution in [3.05, 3.63) is 35.3 Å². The lowest BCUT2D eigenvalue weighted by atomic mass is 9.93. The summed E-state index contributed by atoms with van der Waals surface area (Å²) < 4.78 is 2.14. The number of anilines is 1. The number of hydrogen-bond donors (Lipinski definition) is 1. The van der Waals surface area contributed by atoms with Crippen LogP contribution in [0.1, 0.15) is 26.5 Å². The van der Waals surface area contributed by atoms with Gasteiger partial charge >= 0.3 is 0 Å². The summed E-state index contributed by atoms with van der Waals surface area (Å²) >= 11 is 1.62. The minimum absolute atomic E-state index is 0.0587. The van der Waals surface area contributed by atoms with E-state index in [2.05, 4.69) is 40.7 Å². The Balaban J connectivity index is 2.24. The van der Waals surface area contributed by atoms with Crippen molar-refractivity contribution >= 4 is 22.0 Å². The van der Waals surface area contributed by atoms with Gasteiger partial charge in [-0.25, -0.2) is 0 Å². The molecular weight excluding hydrogens is 256 g/mol. The summed E-state index contributed by atoms with van der Waals surface area (Å²) in [5, 5.41) is 10.7. The predicted octanol–water partition coefficient (Wildman–Crippen LogP) is 3.34. The Morgan fingerprint density at radius 1 is 1.11 bits per heavy atom. The van der Waals surface area contributed by atoms with Crippen LogP contribution in [0.15, 0.2) is 29.6 Å². The summed E-state index contributed by atoms with van der Waals surface area (Å²) in [6.45, 7) is 6.59. The third-order valence-corrected chi connectivity index (χ3v) is 3.90. The van der Waals surface area contributed by atoms with Crippen LogP contribution in [-0.2, 0) is 5.41 Å². The van der Waals surface area contributed by atoms with Crippen molar-refractivity contribution in [2.75, 3.05) is 5.73 Å². The minimum atomic E-state index is 0.0587. The molecule has 2 N–H and O–H groups in total. The van der Waals surface area contributed by atoms with Crippen molar-refractivity contribution in [3.8, 4) is 11.4 Å². The van der Waals surface area contributed by atoms with E-state index in [4.69, 9.17) is 5.73 Å². The summed E-state index contributed by atoms with van der Waals surface area (Å²) in [6.07, 6.45) is 0. The number of fused-ring (bicyclic) bond motifs is 1. The molecule has 3 aromatic rings. The highest BCUT2D eigenvalue weighted by molar-refractivity contribution is 7.15. The highest BCUT2D eigenvalue weighted by Crippen LogP contribution is 2.31. The predicted molar refractivity (Wildman–Crippen MR) is 79.4 cm³/mol. The van der Waals surface area contributed by atoms with Crippen LogP contribution < -0.4 is 5.73 Å². The van der Waals surface area contributed by atoms with E-state index < -0.39 is 0 Å². The van der Waals surface area contributed by atoms with E-state index in [0.29, 0.717) is 0 Å². The molecule has 0 fully saturated rings. The van der Waals surface area contributed by atoms with Gasteiger partial charge in [0.2, 0.25) is 4.96 Å². The molecule has 4 nitrogen and oxygen atoms in total. The maximum atomic E-state index is 5.73. The summed E-state index contributed by atoms with van der Waals surface area (Å²) in [6, 6.07) is 7.74. The van der Waals surface area contributed by atoms with Crippen LogP contribution in [0.3, 0.4) is 0 Å². The molecule has 0 amide bonds. The molecule has 0 atom stereocenters. The van der Waals surface area contributed by atoms with Gasteiger partial charge in [-0.05, 0) is 24.3 Å². The Morgan fingerprint density at radius 2 is 1.79 bits per heavy atom. The van der Waals surface area contributed by atoms with Crippen LogP contribution in [-0.4, -0.2) is 14.6 Å². The first-order valence-corrected chi connectivity index (χ1v) is 7.04. The zero-order chi connectivity index (χ0) is 13.6. The molecule has 2 aromatic heterocycles. The topological polar surface area (TPSA) is 56.2 Å². The molecule has 19 heavy (non-hydrogen) atoms. The standard InChI is InChI=1S/C14H16N4S/c1-14(2,3)11-8-19-13-17-16-12(18(11)13)9-4-6-10(15)7-5-9/h4-8H,15H2,1-3H3. The lowest BCUT2D eigenvalue weighted by Crippen LogP contribution is -2.14. The van der Waals surface area contributed by atoms with Crippen molar-refractivity contribution in [2.24, 2.45) is 0 Å². The van der Waals surface area contributed by atoms with E-state index in [1.54, 1.807) is 11.3 Å². The number of nitrogens with zero attached hydrogens (tertiary/aromatic N) is 3. The van der Waals surface area contributed by atoms with Crippen LogP contribution >= 0.6 is 11.3 Å². The number of aromatic nitrogens is 3. The van der Waals surface area contributed by atoms with Crippen LogP contribution in [0.4, 0.5) is 5.69 Å². The quantitative estimate of drug-likeness (QED) is 0.691. The second-order valence-corrected chi connectivity index (χ2v) is 6.47. The monoisotopic (exact) mass is 272 g/mol. The lowest BCUT2D eigenvalue weighted by Gasteiger charge is -2.17. The molecule has 0 aliphatic heterocycles. The first-order chi connectivity index (χ1) is 8.97. The van der Waals surface area contributed by atoms with Gasteiger partial charge in [-0.3, -0.25) is 4.40 Å². The fourth-order valence-electron chi connectivity index (χ4n) is 2.06. The normalized spacial score (nSPS) is 12.2. The smallest absolute Gasteiger partial charge is 0.216 e. The number of nitrogens with two attached hydrogens (primary N) is 1. The van der Waals surface area contributed by atoms with Crippen molar-refractivity contribution in [3.63, 3.8) is 0 Å². The van der Waals surface area contributed by atoms with E-state index in [-0.39, 0.29) is 5.41 Å². The van der Waals surface area contributed by atoms with Gasteiger partial charge in [0.25, 0.3) is 0 Å². The average molecular weight is 272 g/mol. The molecular formula is C14H16N4S. The summed E-state index contributed by atoms with van der Waals surface area (Å²) in [7, 11) is 0. The first kappa shape index (κ1) is 12.2.